The Kier molecular flexibility index (Phi) is 6.48. The first kappa shape index (κ1) is 22.6. The van der Waals surface area contributed by atoms with Crippen molar-refractivity contribution in [2.75, 3.05) is 11.9 Å². The van der Waals surface area contributed by atoms with Crippen molar-refractivity contribution in [2.45, 2.75) is 51.1 Å². The first-order valence-electron chi connectivity index (χ1n) is 11.3. The molecule has 0 unspecified atom stereocenters. The van der Waals surface area contributed by atoms with Gasteiger partial charge in [0.2, 0.25) is 5.91 Å². The Bertz CT molecular complexity index is 1040. The van der Waals surface area contributed by atoms with Gasteiger partial charge >= 0.3 is 6.03 Å². The summed E-state index contributed by atoms with van der Waals surface area (Å²) in [5.74, 6) is -0.117. The summed E-state index contributed by atoms with van der Waals surface area (Å²) in [7, 11) is 0. The number of carbonyl (C=O) groups excluding carboxylic acids is 4. The van der Waals surface area contributed by atoms with Crippen LogP contribution in [0.25, 0.3) is 0 Å². The van der Waals surface area contributed by atoms with E-state index in [4.69, 9.17) is 4.42 Å². The van der Waals surface area contributed by atoms with E-state index in [2.05, 4.69) is 22.9 Å². The van der Waals surface area contributed by atoms with Crippen molar-refractivity contribution >= 4 is 29.4 Å². The van der Waals surface area contributed by atoms with Crippen LogP contribution in [0.15, 0.2) is 47.1 Å². The van der Waals surface area contributed by atoms with Gasteiger partial charge < -0.3 is 20.4 Å². The second kappa shape index (κ2) is 9.48. The van der Waals surface area contributed by atoms with Crippen molar-refractivity contribution in [1.29, 1.82) is 0 Å². The molecule has 174 valence electrons. The summed E-state index contributed by atoms with van der Waals surface area (Å²) >= 11 is 0. The zero-order valence-electron chi connectivity index (χ0n) is 18.6. The highest BCUT2D eigenvalue weighted by Gasteiger charge is 2.52. The molecule has 2 heterocycles. The topological polar surface area (TPSA) is 121 Å². The summed E-state index contributed by atoms with van der Waals surface area (Å²) in [4.78, 5) is 51.9. The van der Waals surface area contributed by atoms with Crippen LogP contribution >= 0.6 is 0 Å². The fraction of sp³-hybridized carbons (Fsp3) is 0.417. The lowest BCUT2D eigenvalue weighted by molar-refractivity contribution is -0.135. The fourth-order valence-electron chi connectivity index (χ4n) is 4.54. The van der Waals surface area contributed by atoms with Crippen molar-refractivity contribution in [3.05, 3.63) is 54.0 Å². The normalized spacial score (nSPS) is 22.3. The third-order valence-corrected chi connectivity index (χ3v) is 6.53. The summed E-state index contributed by atoms with van der Waals surface area (Å²) in [6.07, 6.45) is 5.51. The fourth-order valence-corrected chi connectivity index (χ4v) is 4.54. The lowest BCUT2D eigenvalue weighted by atomic mass is 9.75. The molecule has 9 heteroatoms. The maximum Gasteiger partial charge on any atom is 0.325 e. The second-order valence-corrected chi connectivity index (χ2v) is 8.61. The lowest BCUT2D eigenvalue weighted by Crippen LogP contribution is -2.49. The van der Waals surface area contributed by atoms with E-state index in [1.165, 1.54) is 6.26 Å². The van der Waals surface area contributed by atoms with Crippen LogP contribution in [-0.4, -0.2) is 40.7 Å². The summed E-state index contributed by atoms with van der Waals surface area (Å²) in [6.45, 7) is 1.92. The third-order valence-electron chi connectivity index (χ3n) is 6.53. The Morgan fingerprint density at radius 2 is 1.91 bits per heavy atom. The molecule has 1 aliphatic heterocycles. The van der Waals surface area contributed by atoms with E-state index in [-0.39, 0.29) is 23.9 Å². The van der Waals surface area contributed by atoms with Gasteiger partial charge in [0.15, 0.2) is 0 Å². The number of hydrogen-bond acceptors (Lipinski definition) is 5. The van der Waals surface area contributed by atoms with Crippen molar-refractivity contribution in [1.82, 2.24) is 15.5 Å². The molecule has 2 fully saturated rings. The van der Waals surface area contributed by atoms with Gasteiger partial charge in [-0.1, -0.05) is 25.5 Å². The van der Waals surface area contributed by atoms with Crippen LogP contribution in [0.5, 0.6) is 0 Å². The van der Waals surface area contributed by atoms with Crippen LogP contribution in [0.1, 0.15) is 55.1 Å². The van der Waals surface area contributed by atoms with Crippen LogP contribution in [0.2, 0.25) is 0 Å². The first-order chi connectivity index (χ1) is 15.9. The lowest BCUT2D eigenvalue weighted by Gasteiger charge is -2.34. The molecule has 1 saturated heterocycles. The number of nitrogens with zero attached hydrogens (tertiary/aromatic N) is 1. The third kappa shape index (κ3) is 4.76. The summed E-state index contributed by atoms with van der Waals surface area (Å²) in [5, 5.41) is 8.23. The van der Waals surface area contributed by atoms with Gasteiger partial charge in [-0.15, -0.1) is 0 Å². The molecule has 5 amide bonds. The highest BCUT2D eigenvalue weighted by Crippen LogP contribution is 2.37. The van der Waals surface area contributed by atoms with E-state index in [9.17, 15) is 19.2 Å². The molecule has 1 aromatic carbocycles. The quantitative estimate of drug-likeness (QED) is 0.558. The minimum atomic E-state index is -0.896. The number of carbonyl (C=O) groups is 4. The van der Waals surface area contributed by atoms with Crippen LogP contribution in [0.3, 0.4) is 0 Å². The van der Waals surface area contributed by atoms with Crippen LogP contribution in [0, 0.1) is 5.92 Å². The number of para-hydroxylation sites is 1. The van der Waals surface area contributed by atoms with Gasteiger partial charge in [0, 0.05) is 0 Å². The van der Waals surface area contributed by atoms with Gasteiger partial charge in [-0.25, -0.2) is 4.79 Å². The number of urea groups is 1. The molecule has 0 radical (unpaired) electrons. The minimum Gasteiger partial charge on any atom is -0.467 e. The molecule has 1 aromatic heterocycles. The monoisotopic (exact) mass is 452 g/mol. The van der Waals surface area contributed by atoms with Crippen molar-refractivity contribution < 1.29 is 23.6 Å². The minimum absolute atomic E-state index is 0.206. The molecule has 2 aromatic rings. The number of amides is 5. The van der Waals surface area contributed by atoms with E-state index in [1.54, 1.807) is 36.4 Å². The summed E-state index contributed by atoms with van der Waals surface area (Å²) in [6, 6.07) is 9.48. The van der Waals surface area contributed by atoms with Crippen LogP contribution < -0.4 is 16.0 Å². The van der Waals surface area contributed by atoms with Gasteiger partial charge in [0.1, 0.15) is 17.8 Å². The maximum absolute atomic E-state index is 13.0. The molecular weight excluding hydrogens is 424 g/mol. The predicted molar refractivity (Wildman–Crippen MR) is 120 cm³/mol. The van der Waals surface area contributed by atoms with Gasteiger partial charge in [0.25, 0.3) is 11.8 Å². The Balaban J connectivity index is 1.38. The molecule has 1 aliphatic carbocycles. The standard InChI is InChI=1S/C24H28N4O5/c1-2-16-9-11-24(12-10-16)22(31)28(23(32)27-24)15-20(29)26-19-8-4-3-7-18(19)21(30)25-14-17-6-5-13-33-17/h3-8,13,16H,2,9-12,14-15H2,1H3,(H,25,30)(H,26,29)(H,27,32). The Hall–Kier alpha value is -3.62. The van der Waals surface area contributed by atoms with Crippen LogP contribution in [0.4, 0.5) is 10.5 Å². The second-order valence-electron chi connectivity index (χ2n) is 8.61. The van der Waals surface area contributed by atoms with Crippen molar-refractivity contribution in [2.24, 2.45) is 5.92 Å². The Morgan fingerprint density at radius 3 is 2.61 bits per heavy atom. The molecule has 2 aliphatic rings. The zero-order chi connectivity index (χ0) is 23.4. The summed E-state index contributed by atoms with van der Waals surface area (Å²) < 4.78 is 5.21. The van der Waals surface area contributed by atoms with Crippen molar-refractivity contribution in [3.63, 3.8) is 0 Å². The number of furan rings is 1. The van der Waals surface area contributed by atoms with E-state index in [1.807, 2.05) is 0 Å². The smallest absolute Gasteiger partial charge is 0.325 e. The number of nitrogens with one attached hydrogen (secondary N) is 3. The molecule has 33 heavy (non-hydrogen) atoms. The van der Waals surface area contributed by atoms with Gasteiger partial charge in [0.05, 0.1) is 24.1 Å². The van der Waals surface area contributed by atoms with Gasteiger partial charge in [-0.2, -0.15) is 0 Å². The molecule has 3 N–H and O–H groups in total. The van der Waals surface area contributed by atoms with E-state index < -0.39 is 24.0 Å². The molecule has 1 saturated carbocycles. The SMILES string of the molecule is CCC1CCC2(CC1)NC(=O)N(CC(=O)Nc1ccccc1C(=O)NCc1ccco1)C2=O. The highest BCUT2D eigenvalue weighted by molar-refractivity contribution is 6.11. The largest absolute Gasteiger partial charge is 0.467 e. The average Bonchev–Trinajstić information content (AvgIpc) is 3.41. The molecule has 4 rings (SSSR count). The highest BCUT2D eigenvalue weighted by atomic mass is 16.3. The predicted octanol–water partition coefficient (Wildman–Crippen LogP) is 3.04. The van der Waals surface area contributed by atoms with Gasteiger partial charge in [-0.05, 0) is 55.9 Å². The number of anilines is 1. The first-order valence-corrected chi connectivity index (χ1v) is 11.3. The number of hydrogen-bond donors (Lipinski definition) is 3. The molecule has 9 nitrogen and oxygen atoms in total. The molecule has 0 bridgehead atoms. The van der Waals surface area contributed by atoms with E-state index in [0.717, 1.165) is 24.2 Å². The number of rotatable bonds is 7. The van der Waals surface area contributed by atoms with Gasteiger partial charge in [-0.3, -0.25) is 19.3 Å². The molecular formula is C24H28N4O5. The van der Waals surface area contributed by atoms with Crippen molar-refractivity contribution in [3.8, 4) is 0 Å². The molecule has 1 spiro atoms. The maximum atomic E-state index is 13.0. The Morgan fingerprint density at radius 1 is 1.15 bits per heavy atom. The van der Waals surface area contributed by atoms with E-state index in [0.29, 0.717) is 30.2 Å². The number of benzene rings is 1. The number of imide groups is 1. The Labute approximate surface area is 191 Å². The average molecular weight is 453 g/mol. The summed E-state index contributed by atoms with van der Waals surface area (Å²) in [5.41, 5.74) is -0.333. The zero-order valence-corrected chi connectivity index (χ0v) is 18.6. The molecule has 0 atom stereocenters. The van der Waals surface area contributed by atoms with Crippen LogP contribution in [-0.2, 0) is 16.1 Å². The van der Waals surface area contributed by atoms with E-state index >= 15 is 0 Å².